The van der Waals surface area contributed by atoms with Gasteiger partial charge in [-0.15, -0.1) is 0 Å². The molecule has 1 aromatic rings. The van der Waals surface area contributed by atoms with E-state index in [-0.39, 0.29) is 12.5 Å². The van der Waals surface area contributed by atoms with Crippen molar-refractivity contribution in [1.29, 1.82) is 0 Å². The number of hydrogen-bond acceptors (Lipinski definition) is 4. The molecule has 5 nitrogen and oxygen atoms in total. The number of aliphatic hydroxyl groups excluding tert-OH is 1. The highest BCUT2D eigenvalue weighted by atomic mass is 16.3. The number of aliphatic hydroxyl groups is 2. The first kappa shape index (κ1) is 18.4. The molecule has 0 bridgehead atoms. The number of carbonyl (C=O) groups is 1. The smallest absolute Gasteiger partial charge is 0.233 e. The number of piperidine rings is 1. The van der Waals surface area contributed by atoms with Crippen LogP contribution < -0.4 is 0 Å². The summed E-state index contributed by atoms with van der Waals surface area (Å²) in [6, 6.07) is 10.2. The first-order valence-corrected chi connectivity index (χ1v) is 9.36. The number of rotatable bonds is 3. The fourth-order valence-electron chi connectivity index (χ4n) is 4.23. The average molecular weight is 346 g/mol. The summed E-state index contributed by atoms with van der Waals surface area (Å²) in [7, 11) is 2.10. The summed E-state index contributed by atoms with van der Waals surface area (Å²) >= 11 is 0. The number of amides is 1. The van der Waals surface area contributed by atoms with Gasteiger partial charge in [0, 0.05) is 13.1 Å². The van der Waals surface area contributed by atoms with Gasteiger partial charge in [0.1, 0.15) is 0 Å². The van der Waals surface area contributed by atoms with Crippen LogP contribution >= 0.6 is 0 Å². The molecule has 2 saturated heterocycles. The maximum absolute atomic E-state index is 13.6. The van der Waals surface area contributed by atoms with Crippen molar-refractivity contribution in [3.05, 3.63) is 35.9 Å². The van der Waals surface area contributed by atoms with Crippen molar-refractivity contribution in [1.82, 2.24) is 9.80 Å². The van der Waals surface area contributed by atoms with Gasteiger partial charge in [-0.25, -0.2) is 0 Å². The summed E-state index contributed by atoms with van der Waals surface area (Å²) in [5.74, 6) is 0.189. The second-order valence-electron chi connectivity index (χ2n) is 7.78. The molecule has 25 heavy (non-hydrogen) atoms. The van der Waals surface area contributed by atoms with E-state index in [2.05, 4.69) is 24.1 Å². The molecule has 2 aliphatic heterocycles. The second kappa shape index (κ2) is 7.44. The van der Waals surface area contributed by atoms with Crippen molar-refractivity contribution in [2.24, 2.45) is 0 Å². The highest BCUT2D eigenvalue weighted by Crippen LogP contribution is 2.38. The maximum Gasteiger partial charge on any atom is 0.233 e. The van der Waals surface area contributed by atoms with Crippen LogP contribution in [0.2, 0.25) is 0 Å². The lowest BCUT2D eigenvalue weighted by Crippen LogP contribution is -2.52. The van der Waals surface area contributed by atoms with E-state index >= 15 is 0 Å². The lowest BCUT2D eigenvalue weighted by molar-refractivity contribution is -0.139. The van der Waals surface area contributed by atoms with Gasteiger partial charge in [0.15, 0.2) is 0 Å². The Morgan fingerprint density at radius 2 is 1.72 bits per heavy atom. The quantitative estimate of drug-likeness (QED) is 0.868. The van der Waals surface area contributed by atoms with Crippen molar-refractivity contribution in [3.8, 4) is 0 Å². The lowest BCUT2D eigenvalue weighted by Gasteiger charge is -2.42. The van der Waals surface area contributed by atoms with E-state index in [0.29, 0.717) is 25.9 Å². The van der Waals surface area contributed by atoms with Gasteiger partial charge in [0.05, 0.1) is 17.6 Å². The van der Waals surface area contributed by atoms with Gasteiger partial charge in [-0.05, 0) is 57.8 Å². The van der Waals surface area contributed by atoms with Crippen molar-refractivity contribution < 1.29 is 15.0 Å². The van der Waals surface area contributed by atoms with Gasteiger partial charge < -0.3 is 20.0 Å². The third kappa shape index (κ3) is 3.73. The van der Waals surface area contributed by atoms with Crippen LogP contribution in [-0.2, 0) is 10.2 Å². The van der Waals surface area contributed by atoms with Crippen LogP contribution in [0.25, 0.3) is 0 Å². The highest BCUT2D eigenvalue weighted by Gasteiger charge is 2.45. The van der Waals surface area contributed by atoms with Crippen molar-refractivity contribution in [3.63, 3.8) is 0 Å². The third-order valence-corrected chi connectivity index (χ3v) is 6.08. The SMILES string of the molecule is CN1CCC(C(=O)N2CCC[C@](O)(CO)CC2)(c2ccccc2)CC1. The van der Waals surface area contributed by atoms with Gasteiger partial charge >= 0.3 is 0 Å². The predicted molar refractivity (Wildman–Crippen MR) is 97.3 cm³/mol. The Morgan fingerprint density at radius 1 is 1.04 bits per heavy atom. The van der Waals surface area contributed by atoms with E-state index in [1.165, 1.54) is 0 Å². The molecule has 0 unspecified atom stereocenters. The summed E-state index contributed by atoms with van der Waals surface area (Å²) < 4.78 is 0. The molecular weight excluding hydrogens is 316 g/mol. The highest BCUT2D eigenvalue weighted by molar-refractivity contribution is 5.88. The zero-order valence-corrected chi connectivity index (χ0v) is 15.2. The average Bonchev–Trinajstić information content (AvgIpc) is 2.85. The van der Waals surface area contributed by atoms with Gasteiger partial charge in [0.25, 0.3) is 0 Å². The standard InChI is InChI=1S/C20H30N2O3/c1-21-13-10-20(11-14-21,17-6-3-2-4-7-17)18(24)22-12-5-8-19(25,16-23)9-15-22/h2-4,6-7,23,25H,5,8-16H2,1H3/t19-/m1/s1. The Morgan fingerprint density at radius 3 is 2.36 bits per heavy atom. The molecule has 0 aromatic heterocycles. The summed E-state index contributed by atoms with van der Waals surface area (Å²) in [6.45, 7) is 2.76. The number of benzene rings is 1. The van der Waals surface area contributed by atoms with Crippen LogP contribution in [0.4, 0.5) is 0 Å². The molecule has 0 spiro atoms. The molecule has 0 radical (unpaired) electrons. The Balaban J connectivity index is 1.85. The Labute approximate surface area is 150 Å². The molecule has 1 aromatic carbocycles. The van der Waals surface area contributed by atoms with E-state index in [1.54, 1.807) is 0 Å². The summed E-state index contributed by atoms with van der Waals surface area (Å²) in [5.41, 5.74) is -0.397. The lowest BCUT2D eigenvalue weighted by atomic mass is 9.71. The van der Waals surface area contributed by atoms with E-state index in [9.17, 15) is 15.0 Å². The first-order chi connectivity index (χ1) is 12.0. The molecule has 1 atom stereocenters. The summed E-state index contributed by atoms with van der Waals surface area (Å²) in [5, 5.41) is 19.8. The molecule has 2 aliphatic rings. The van der Waals surface area contributed by atoms with Gasteiger partial charge in [-0.1, -0.05) is 30.3 Å². The van der Waals surface area contributed by atoms with Crippen LogP contribution in [0.15, 0.2) is 30.3 Å². The van der Waals surface area contributed by atoms with Crippen LogP contribution in [0.3, 0.4) is 0 Å². The van der Waals surface area contributed by atoms with Crippen LogP contribution in [-0.4, -0.2) is 71.4 Å². The summed E-state index contributed by atoms with van der Waals surface area (Å²) in [4.78, 5) is 17.8. The normalized spacial score (nSPS) is 27.7. The largest absolute Gasteiger partial charge is 0.393 e. The van der Waals surface area contributed by atoms with Crippen molar-refractivity contribution >= 4 is 5.91 Å². The molecule has 138 valence electrons. The zero-order valence-electron chi connectivity index (χ0n) is 15.2. The van der Waals surface area contributed by atoms with Crippen LogP contribution in [0, 0.1) is 0 Å². The van der Waals surface area contributed by atoms with Crippen LogP contribution in [0.5, 0.6) is 0 Å². The molecule has 2 N–H and O–H groups in total. The molecule has 5 heteroatoms. The summed E-state index contributed by atoms with van der Waals surface area (Å²) in [6.07, 6.45) is 3.38. The molecule has 2 heterocycles. The molecule has 0 saturated carbocycles. The molecule has 0 aliphatic carbocycles. The predicted octanol–water partition coefficient (Wildman–Crippen LogP) is 1.39. The molecular formula is C20H30N2O3. The topological polar surface area (TPSA) is 64.0 Å². The van der Waals surface area contributed by atoms with E-state index in [1.807, 2.05) is 23.1 Å². The molecule has 2 fully saturated rings. The second-order valence-corrected chi connectivity index (χ2v) is 7.78. The van der Waals surface area contributed by atoms with E-state index in [4.69, 9.17) is 0 Å². The van der Waals surface area contributed by atoms with Gasteiger partial charge in [0.2, 0.25) is 5.91 Å². The number of carbonyl (C=O) groups excluding carboxylic acids is 1. The molecule has 3 rings (SSSR count). The van der Waals surface area contributed by atoms with Crippen LogP contribution in [0.1, 0.15) is 37.7 Å². The first-order valence-electron chi connectivity index (χ1n) is 9.36. The number of hydrogen-bond donors (Lipinski definition) is 2. The van der Waals surface area contributed by atoms with Gasteiger partial charge in [-0.2, -0.15) is 0 Å². The van der Waals surface area contributed by atoms with Gasteiger partial charge in [-0.3, -0.25) is 4.79 Å². The number of nitrogens with zero attached hydrogens (tertiary/aromatic N) is 2. The fraction of sp³-hybridized carbons (Fsp3) is 0.650. The number of likely N-dealkylation sites (tertiary alicyclic amines) is 2. The minimum absolute atomic E-state index is 0.189. The maximum atomic E-state index is 13.6. The van der Waals surface area contributed by atoms with Crippen molar-refractivity contribution in [2.75, 3.05) is 39.8 Å². The Bertz CT molecular complexity index is 584. The third-order valence-electron chi connectivity index (χ3n) is 6.08. The van der Waals surface area contributed by atoms with Crippen molar-refractivity contribution in [2.45, 2.75) is 43.1 Å². The molecule has 1 amide bonds. The minimum Gasteiger partial charge on any atom is -0.393 e. The van der Waals surface area contributed by atoms with E-state index in [0.717, 1.165) is 37.9 Å². The minimum atomic E-state index is -1.04. The van der Waals surface area contributed by atoms with E-state index < -0.39 is 11.0 Å². The monoisotopic (exact) mass is 346 g/mol. The fourth-order valence-corrected chi connectivity index (χ4v) is 4.23. The Kier molecular flexibility index (Phi) is 5.46. The Hall–Kier alpha value is -1.43. The zero-order chi connectivity index (χ0) is 17.9.